The van der Waals surface area contributed by atoms with Crippen molar-refractivity contribution in [3.05, 3.63) is 76.9 Å². The van der Waals surface area contributed by atoms with Crippen molar-refractivity contribution >= 4 is 40.9 Å². The summed E-state index contributed by atoms with van der Waals surface area (Å²) in [5.74, 6) is -0.653. The maximum Gasteiger partial charge on any atom is 0.308 e. The average molecular weight is 413 g/mol. The van der Waals surface area contributed by atoms with E-state index < -0.39 is 5.97 Å². The van der Waals surface area contributed by atoms with Crippen LogP contribution in [0.15, 0.2) is 70.7 Å². The van der Waals surface area contributed by atoms with Gasteiger partial charge in [-0.25, -0.2) is 4.98 Å². The molecular weight excluding hydrogens is 396 g/mol. The summed E-state index contributed by atoms with van der Waals surface area (Å²) in [5, 5.41) is 4.25. The number of anilines is 1. The van der Waals surface area contributed by atoms with Crippen LogP contribution >= 0.6 is 23.4 Å². The first-order chi connectivity index (χ1) is 13.4. The van der Waals surface area contributed by atoms with E-state index in [4.69, 9.17) is 16.3 Å². The van der Waals surface area contributed by atoms with Crippen molar-refractivity contribution < 1.29 is 14.3 Å². The number of aryl methyl sites for hydroxylation is 1. The molecule has 0 saturated carbocycles. The maximum atomic E-state index is 12.5. The van der Waals surface area contributed by atoms with Crippen molar-refractivity contribution in [3.63, 3.8) is 0 Å². The number of esters is 1. The number of nitrogens with zero attached hydrogens (tertiary/aromatic N) is 1. The van der Waals surface area contributed by atoms with Crippen molar-refractivity contribution in [2.75, 3.05) is 5.32 Å². The molecule has 28 heavy (non-hydrogen) atoms. The zero-order valence-corrected chi connectivity index (χ0v) is 16.8. The summed E-state index contributed by atoms with van der Waals surface area (Å²) in [6.07, 6.45) is 1.58. The first-order valence-corrected chi connectivity index (χ1v) is 9.60. The largest absolute Gasteiger partial charge is 0.426 e. The fraction of sp³-hybridized carbons (Fsp3) is 0.0952. The topological polar surface area (TPSA) is 68.3 Å². The van der Waals surface area contributed by atoms with Crippen LogP contribution < -0.4 is 10.1 Å². The van der Waals surface area contributed by atoms with Crippen LogP contribution in [0, 0.1) is 6.92 Å². The van der Waals surface area contributed by atoms with Crippen LogP contribution in [0.3, 0.4) is 0 Å². The molecule has 7 heteroatoms. The van der Waals surface area contributed by atoms with Crippen LogP contribution in [0.25, 0.3) is 0 Å². The molecule has 1 amide bonds. The van der Waals surface area contributed by atoms with E-state index in [2.05, 4.69) is 10.3 Å². The Kier molecular flexibility index (Phi) is 6.34. The van der Waals surface area contributed by atoms with E-state index in [1.54, 1.807) is 36.5 Å². The van der Waals surface area contributed by atoms with Crippen LogP contribution in [0.1, 0.15) is 22.8 Å². The van der Waals surface area contributed by atoms with Crippen LogP contribution in [0.5, 0.6) is 5.75 Å². The van der Waals surface area contributed by atoms with Crippen molar-refractivity contribution in [1.82, 2.24) is 4.98 Å². The molecule has 142 valence electrons. The molecule has 1 N–H and O–H groups in total. The fourth-order valence-corrected chi connectivity index (χ4v) is 3.50. The van der Waals surface area contributed by atoms with Gasteiger partial charge in [0.05, 0.1) is 17.4 Å². The second-order valence-electron chi connectivity index (χ2n) is 5.94. The zero-order valence-electron chi connectivity index (χ0n) is 15.2. The van der Waals surface area contributed by atoms with Gasteiger partial charge in [-0.05, 0) is 55.0 Å². The molecular formula is C21H17ClN2O3S. The van der Waals surface area contributed by atoms with Gasteiger partial charge in [0.2, 0.25) is 0 Å². The SMILES string of the molecule is CC(=O)Oc1ccccc1C(=O)Nc1ccc(Sc2ccc(Cl)cc2C)nc1. The minimum atomic E-state index is -0.485. The lowest BCUT2D eigenvalue weighted by Crippen LogP contribution is -2.15. The molecule has 0 unspecified atom stereocenters. The number of para-hydroxylation sites is 1. The Balaban J connectivity index is 1.71. The Morgan fingerprint density at radius 2 is 1.89 bits per heavy atom. The van der Waals surface area contributed by atoms with E-state index in [0.29, 0.717) is 10.7 Å². The Hall–Kier alpha value is -2.83. The summed E-state index contributed by atoms with van der Waals surface area (Å²) in [5.41, 5.74) is 1.88. The third-order valence-electron chi connectivity index (χ3n) is 3.73. The number of aromatic nitrogens is 1. The van der Waals surface area contributed by atoms with E-state index in [-0.39, 0.29) is 17.2 Å². The number of halogens is 1. The van der Waals surface area contributed by atoms with E-state index in [1.165, 1.54) is 18.7 Å². The van der Waals surface area contributed by atoms with E-state index in [9.17, 15) is 9.59 Å². The summed E-state index contributed by atoms with van der Waals surface area (Å²) in [4.78, 5) is 29.2. The van der Waals surface area contributed by atoms with Gasteiger partial charge in [0.15, 0.2) is 0 Å². The molecule has 0 bridgehead atoms. The van der Waals surface area contributed by atoms with Crippen LogP contribution in [0.2, 0.25) is 5.02 Å². The Labute approximate surface area is 172 Å². The van der Waals surface area contributed by atoms with Crippen molar-refractivity contribution in [1.29, 1.82) is 0 Å². The van der Waals surface area contributed by atoms with Gasteiger partial charge >= 0.3 is 5.97 Å². The summed E-state index contributed by atoms with van der Waals surface area (Å²) in [7, 11) is 0. The van der Waals surface area contributed by atoms with E-state index in [1.807, 2.05) is 31.2 Å². The Bertz CT molecular complexity index is 1020. The van der Waals surface area contributed by atoms with Gasteiger partial charge in [0, 0.05) is 16.8 Å². The third kappa shape index (κ3) is 5.12. The van der Waals surface area contributed by atoms with Gasteiger partial charge in [-0.3, -0.25) is 9.59 Å². The van der Waals surface area contributed by atoms with E-state index in [0.717, 1.165) is 15.5 Å². The molecule has 0 aliphatic heterocycles. The second-order valence-corrected chi connectivity index (χ2v) is 7.44. The zero-order chi connectivity index (χ0) is 20.1. The number of hydrogen-bond acceptors (Lipinski definition) is 5. The predicted octanol–water partition coefficient (Wildman–Crippen LogP) is 5.37. The number of carbonyl (C=O) groups excluding carboxylic acids is 2. The fourth-order valence-electron chi connectivity index (χ4n) is 2.45. The van der Waals surface area contributed by atoms with Crippen LogP contribution in [-0.4, -0.2) is 16.9 Å². The monoisotopic (exact) mass is 412 g/mol. The average Bonchev–Trinajstić information content (AvgIpc) is 2.65. The van der Waals surface area contributed by atoms with Crippen molar-refractivity contribution in [2.45, 2.75) is 23.8 Å². The molecule has 0 radical (unpaired) electrons. The van der Waals surface area contributed by atoms with Gasteiger partial charge < -0.3 is 10.1 Å². The lowest BCUT2D eigenvalue weighted by molar-refractivity contribution is -0.131. The van der Waals surface area contributed by atoms with Gasteiger partial charge in [0.25, 0.3) is 5.91 Å². The minimum Gasteiger partial charge on any atom is -0.426 e. The maximum absolute atomic E-state index is 12.5. The highest BCUT2D eigenvalue weighted by molar-refractivity contribution is 7.99. The van der Waals surface area contributed by atoms with Crippen LogP contribution in [-0.2, 0) is 4.79 Å². The molecule has 0 aliphatic carbocycles. The first-order valence-electron chi connectivity index (χ1n) is 8.41. The summed E-state index contributed by atoms with van der Waals surface area (Å²) >= 11 is 7.50. The van der Waals surface area contributed by atoms with Crippen LogP contribution in [0.4, 0.5) is 5.69 Å². The number of benzene rings is 2. The molecule has 0 aliphatic rings. The molecule has 0 saturated heterocycles. The standard InChI is InChI=1S/C21H17ClN2O3S/c1-13-11-15(22)7-9-19(13)28-20-10-8-16(12-23-20)24-21(26)17-5-3-4-6-18(17)27-14(2)25/h3-12H,1-2H3,(H,24,26). The molecule has 0 fully saturated rings. The highest BCUT2D eigenvalue weighted by Crippen LogP contribution is 2.31. The van der Waals surface area contributed by atoms with Gasteiger partial charge in [-0.15, -0.1) is 0 Å². The second kappa shape index (κ2) is 8.91. The molecule has 3 aromatic rings. The summed E-state index contributed by atoms with van der Waals surface area (Å²) < 4.78 is 5.08. The lowest BCUT2D eigenvalue weighted by atomic mass is 10.2. The number of pyridine rings is 1. The summed E-state index contributed by atoms with van der Waals surface area (Å²) in [6.45, 7) is 3.28. The smallest absolute Gasteiger partial charge is 0.308 e. The molecule has 5 nitrogen and oxygen atoms in total. The molecule has 1 aromatic heterocycles. The van der Waals surface area contributed by atoms with Gasteiger partial charge in [0.1, 0.15) is 10.8 Å². The van der Waals surface area contributed by atoms with E-state index >= 15 is 0 Å². The molecule has 0 atom stereocenters. The predicted molar refractivity (Wildman–Crippen MR) is 110 cm³/mol. The number of amides is 1. The normalized spacial score (nSPS) is 10.4. The lowest BCUT2D eigenvalue weighted by Gasteiger charge is -2.10. The molecule has 0 spiro atoms. The molecule has 1 heterocycles. The number of hydrogen-bond donors (Lipinski definition) is 1. The molecule has 3 rings (SSSR count). The quantitative estimate of drug-likeness (QED) is 0.450. The van der Waals surface area contributed by atoms with Crippen molar-refractivity contribution in [3.8, 4) is 5.75 Å². The first kappa shape index (κ1) is 19.9. The highest BCUT2D eigenvalue weighted by Gasteiger charge is 2.14. The molecule has 2 aromatic carbocycles. The Morgan fingerprint density at radius 3 is 2.57 bits per heavy atom. The minimum absolute atomic E-state index is 0.214. The van der Waals surface area contributed by atoms with Gasteiger partial charge in [-0.1, -0.05) is 35.5 Å². The number of rotatable bonds is 5. The Morgan fingerprint density at radius 1 is 1.11 bits per heavy atom. The third-order valence-corrected chi connectivity index (χ3v) is 5.09. The number of nitrogens with one attached hydrogen (secondary N) is 1. The van der Waals surface area contributed by atoms with Gasteiger partial charge in [-0.2, -0.15) is 0 Å². The van der Waals surface area contributed by atoms with Crippen molar-refractivity contribution in [2.24, 2.45) is 0 Å². The number of ether oxygens (including phenoxy) is 1. The number of carbonyl (C=O) groups is 2. The highest BCUT2D eigenvalue weighted by atomic mass is 35.5. The summed E-state index contributed by atoms with van der Waals surface area (Å²) in [6, 6.07) is 15.9.